The number of hydrogen-bond acceptors (Lipinski definition) is 3. The van der Waals surface area contributed by atoms with Crippen LogP contribution in [0.1, 0.15) is 43.8 Å². The van der Waals surface area contributed by atoms with Gasteiger partial charge in [0.25, 0.3) is 0 Å². The Morgan fingerprint density at radius 3 is 2.63 bits per heavy atom. The van der Waals surface area contributed by atoms with Gasteiger partial charge < -0.3 is 5.73 Å². The van der Waals surface area contributed by atoms with E-state index in [1.54, 1.807) is 6.33 Å². The van der Waals surface area contributed by atoms with Gasteiger partial charge in [0.2, 0.25) is 0 Å². The first kappa shape index (κ1) is 13.7. The largest absolute Gasteiger partial charge is 0.321 e. The summed E-state index contributed by atoms with van der Waals surface area (Å²) < 4.78 is 1.93. The maximum Gasteiger partial charge on any atom is 0.138 e. The highest BCUT2D eigenvalue weighted by molar-refractivity contribution is 5.32. The van der Waals surface area contributed by atoms with Gasteiger partial charge in [-0.2, -0.15) is 5.10 Å². The van der Waals surface area contributed by atoms with Gasteiger partial charge in [-0.05, 0) is 38.8 Å². The second kappa shape index (κ2) is 5.13. The molecule has 2 N–H and O–H groups in total. The molecule has 1 aromatic carbocycles. The minimum atomic E-state index is -0.439. The normalized spacial score (nSPS) is 14.6. The number of aromatic nitrogens is 3. The van der Waals surface area contributed by atoms with Gasteiger partial charge in [0, 0.05) is 18.0 Å². The molecule has 0 aliphatic heterocycles. The Morgan fingerprint density at radius 2 is 2.00 bits per heavy atom. The van der Waals surface area contributed by atoms with E-state index >= 15 is 0 Å². The summed E-state index contributed by atoms with van der Waals surface area (Å²) in [7, 11) is 0. The molecular weight excluding hydrogens is 236 g/mol. The molecule has 2 rings (SSSR count). The lowest BCUT2D eigenvalue weighted by molar-refractivity contribution is 0.432. The van der Waals surface area contributed by atoms with Crippen LogP contribution in [0, 0.1) is 6.92 Å². The van der Waals surface area contributed by atoms with Crippen molar-refractivity contribution < 1.29 is 0 Å². The van der Waals surface area contributed by atoms with Crippen LogP contribution < -0.4 is 5.73 Å². The third kappa shape index (κ3) is 2.84. The zero-order valence-corrected chi connectivity index (χ0v) is 12.1. The van der Waals surface area contributed by atoms with Gasteiger partial charge in [-0.25, -0.2) is 9.67 Å². The topological polar surface area (TPSA) is 56.7 Å². The summed E-state index contributed by atoms with van der Waals surface area (Å²) in [5.74, 6) is 0.934. The minimum Gasteiger partial charge on any atom is -0.321 e. The molecule has 0 fully saturated rings. The molecule has 0 aliphatic rings. The molecule has 4 heteroatoms. The number of nitrogens with zero attached hydrogens (tertiary/aromatic N) is 3. The monoisotopic (exact) mass is 258 g/mol. The average molecular weight is 258 g/mol. The second-order valence-corrected chi connectivity index (χ2v) is 5.62. The van der Waals surface area contributed by atoms with Crippen LogP contribution in [0.15, 0.2) is 30.6 Å². The maximum absolute atomic E-state index is 6.52. The van der Waals surface area contributed by atoms with Crippen molar-refractivity contribution in [1.29, 1.82) is 0 Å². The standard InChI is InChI=1S/C15H22N4/c1-11(2)19-14(17-10-18-19)9-15(4,16)13-8-6-5-7-12(13)3/h5-8,10-11H,9,16H2,1-4H3. The van der Waals surface area contributed by atoms with Gasteiger partial charge in [0.05, 0.1) is 0 Å². The van der Waals surface area contributed by atoms with Crippen molar-refractivity contribution in [3.8, 4) is 0 Å². The van der Waals surface area contributed by atoms with Crippen molar-refractivity contribution in [3.05, 3.63) is 47.5 Å². The molecule has 102 valence electrons. The fourth-order valence-electron chi connectivity index (χ4n) is 2.47. The van der Waals surface area contributed by atoms with Gasteiger partial charge >= 0.3 is 0 Å². The quantitative estimate of drug-likeness (QED) is 0.917. The first-order valence-electron chi connectivity index (χ1n) is 6.65. The number of hydrogen-bond donors (Lipinski definition) is 1. The molecule has 1 heterocycles. The Hall–Kier alpha value is -1.68. The summed E-state index contributed by atoms with van der Waals surface area (Å²) in [6.07, 6.45) is 2.28. The average Bonchev–Trinajstić information content (AvgIpc) is 2.76. The predicted octanol–water partition coefficient (Wildman–Crippen LogP) is 2.58. The Bertz CT molecular complexity index is 555. The van der Waals surface area contributed by atoms with Crippen molar-refractivity contribution in [1.82, 2.24) is 14.8 Å². The molecule has 0 bridgehead atoms. The zero-order chi connectivity index (χ0) is 14.0. The van der Waals surface area contributed by atoms with E-state index in [4.69, 9.17) is 5.73 Å². The van der Waals surface area contributed by atoms with Crippen LogP contribution in [-0.4, -0.2) is 14.8 Å². The third-order valence-corrected chi connectivity index (χ3v) is 3.42. The molecule has 4 nitrogen and oxygen atoms in total. The van der Waals surface area contributed by atoms with E-state index in [0.29, 0.717) is 12.5 Å². The van der Waals surface area contributed by atoms with Crippen molar-refractivity contribution in [3.63, 3.8) is 0 Å². The number of benzene rings is 1. The number of nitrogens with two attached hydrogens (primary N) is 1. The van der Waals surface area contributed by atoms with Crippen LogP contribution in [0.3, 0.4) is 0 Å². The molecule has 0 radical (unpaired) electrons. The van der Waals surface area contributed by atoms with Crippen LogP contribution in [0.4, 0.5) is 0 Å². The first-order chi connectivity index (χ1) is 8.92. The summed E-state index contributed by atoms with van der Waals surface area (Å²) in [6.45, 7) is 8.34. The van der Waals surface area contributed by atoms with Crippen LogP contribution in [0.5, 0.6) is 0 Å². The van der Waals surface area contributed by atoms with Crippen LogP contribution in [0.25, 0.3) is 0 Å². The Morgan fingerprint density at radius 1 is 1.32 bits per heavy atom. The lowest BCUT2D eigenvalue weighted by Gasteiger charge is -2.27. The van der Waals surface area contributed by atoms with Gasteiger partial charge in [0.1, 0.15) is 12.2 Å². The Balaban J connectivity index is 2.31. The summed E-state index contributed by atoms with van der Waals surface area (Å²) in [5, 5.41) is 4.27. The number of aryl methyl sites for hydroxylation is 1. The number of rotatable bonds is 4. The predicted molar refractivity (Wildman–Crippen MR) is 76.8 cm³/mol. The highest BCUT2D eigenvalue weighted by Gasteiger charge is 2.26. The SMILES string of the molecule is Cc1ccccc1C(C)(N)Cc1ncnn1C(C)C. The van der Waals surface area contributed by atoms with E-state index in [1.807, 2.05) is 16.8 Å². The molecule has 2 aromatic rings. The summed E-state index contributed by atoms with van der Waals surface area (Å²) >= 11 is 0. The molecule has 0 aliphatic carbocycles. The Labute approximate surface area is 114 Å². The van der Waals surface area contributed by atoms with Crippen LogP contribution >= 0.6 is 0 Å². The molecule has 0 saturated heterocycles. The van der Waals surface area contributed by atoms with E-state index < -0.39 is 5.54 Å². The van der Waals surface area contributed by atoms with Crippen molar-refractivity contribution in [2.75, 3.05) is 0 Å². The maximum atomic E-state index is 6.52. The third-order valence-electron chi connectivity index (χ3n) is 3.42. The molecule has 0 saturated carbocycles. The molecule has 1 atom stereocenters. The smallest absolute Gasteiger partial charge is 0.138 e. The van der Waals surface area contributed by atoms with Crippen molar-refractivity contribution in [2.45, 2.75) is 45.7 Å². The molecule has 1 unspecified atom stereocenters. The van der Waals surface area contributed by atoms with Crippen LogP contribution in [0.2, 0.25) is 0 Å². The van der Waals surface area contributed by atoms with Gasteiger partial charge in [-0.3, -0.25) is 0 Å². The van der Waals surface area contributed by atoms with E-state index in [1.165, 1.54) is 5.56 Å². The highest BCUT2D eigenvalue weighted by Crippen LogP contribution is 2.25. The first-order valence-corrected chi connectivity index (χ1v) is 6.65. The van der Waals surface area contributed by atoms with Gasteiger partial charge in [0.15, 0.2) is 0 Å². The van der Waals surface area contributed by atoms with Gasteiger partial charge in [-0.1, -0.05) is 24.3 Å². The fraction of sp³-hybridized carbons (Fsp3) is 0.467. The van der Waals surface area contributed by atoms with Crippen molar-refractivity contribution in [2.24, 2.45) is 5.73 Å². The molecule has 1 aromatic heterocycles. The zero-order valence-electron chi connectivity index (χ0n) is 12.1. The van der Waals surface area contributed by atoms with Crippen LogP contribution in [-0.2, 0) is 12.0 Å². The van der Waals surface area contributed by atoms with E-state index in [0.717, 1.165) is 11.4 Å². The van der Waals surface area contributed by atoms with E-state index in [9.17, 15) is 0 Å². The summed E-state index contributed by atoms with van der Waals surface area (Å²) in [4.78, 5) is 4.35. The van der Waals surface area contributed by atoms with Gasteiger partial charge in [-0.15, -0.1) is 0 Å². The lowest BCUT2D eigenvalue weighted by atomic mass is 9.86. The Kier molecular flexibility index (Phi) is 3.71. The summed E-state index contributed by atoms with van der Waals surface area (Å²) in [6, 6.07) is 8.54. The van der Waals surface area contributed by atoms with E-state index in [2.05, 4.69) is 49.9 Å². The second-order valence-electron chi connectivity index (χ2n) is 5.62. The lowest BCUT2D eigenvalue weighted by Crippen LogP contribution is -2.37. The molecule has 19 heavy (non-hydrogen) atoms. The van der Waals surface area contributed by atoms with Crippen molar-refractivity contribution >= 4 is 0 Å². The minimum absolute atomic E-state index is 0.296. The molecular formula is C15H22N4. The molecule has 0 amide bonds. The highest BCUT2D eigenvalue weighted by atomic mass is 15.3. The summed E-state index contributed by atoms with van der Waals surface area (Å²) in [5.41, 5.74) is 8.45. The van der Waals surface area contributed by atoms with E-state index in [-0.39, 0.29) is 0 Å². The fourth-order valence-corrected chi connectivity index (χ4v) is 2.47. The molecule has 0 spiro atoms.